The number of piperazine rings is 1. The Labute approximate surface area is 249 Å². The lowest BCUT2D eigenvalue weighted by atomic mass is 9.85. The van der Waals surface area contributed by atoms with Crippen molar-refractivity contribution in [2.75, 3.05) is 31.5 Å². The average molecular weight is 570 g/mol. The molecule has 2 heterocycles. The molecule has 0 spiro atoms. The van der Waals surface area contributed by atoms with Gasteiger partial charge in [-0.1, -0.05) is 59.7 Å². The van der Waals surface area contributed by atoms with Gasteiger partial charge in [-0.05, 0) is 64.8 Å². The molecule has 3 aromatic rings. The molecule has 1 fully saturated rings. The molecule has 1 aliphatic heterocycles. The van der Waals surface area contributed by atoms with E-state index < -0.39 is 0 Å². The Balaban J connectivity index is 1.53. The van der Waals surface area contributed by atoms with Crippen molar-refractivity contribution in [3.8, 4) is 11.1 Å². The van der Waals surface area contributed by atoms with E-state index in [1.54, 1.807) is 6.20 Å². The molecule has 0 aliphatic carbocycles. The van der Waals surface area contributed by atoms with E-state index >= 15 is 0 Å². The van der Waals surface area contributed by atoms with Crippen LogP contribution in [0.15, 0.2) is 54.7 Å². The van der Waals surface area contributed by atoms with E-state index in [9.17, 15) is 14.4 Å². The summed E-state index contributed by atoms with van der Waals surface area (Å²) in [6, 6.07) is 15.3. The molecule has 3 N–H and O–H groups in total. The third kappa shape index (κ3) is 8.26. The van der Waals surface area contributed by atoms with E-state index in [0.29, 0.717) is 43.0 Å². The number of carbonyl (C=O) groups is 3. The van der Waals surface area contributed by atoms with Gasteiger partial charge in [0.05, 0.1) is 18.4 Å². The normalized spacial score (nSPS) is 14.3. The summed E-state index contributed by atoms with van der Waals surface area (Å²) in [6.07, 6.45) is 1.66. The van der Waals surface area contributed by atoms with E-state index in [1.165, 1.54) is 0 Å². The summed E-state index contributed by atoms with van der Waals surface area (Å²) in [7, 11) is 0. The fraction of sp³-hybridized carbons (Fsp3) is 0.412. The Hall–Kier alpha value is -4.04. The van der Waals surface area contributed by atoms with Crippen molar-refractivity contribution in [2.45, 2.75) is 60.4 Å². The van der Waals surface area contributed by atoms with Crippen molar-refractivity contribution in [1.29, 1.82) is 0 Å². The second-order valence-electron chi connectivity index (χ2n) is 13.4. The van der Waals surface area contributed by atoms with Gasteiger partial charge in [0, 0.05) is 48.6 Å². The quantitative estimate of drug-likeness (QED) is 0.358. The first-order chi connectivity index (χ1) is 19.7. The van der Waals surface area contributed by atoms with Crippen LogP contribution in [0.1, 0.15) is 79.1 Å². The van der Waals surface area contributed by atoms with Crippen LogP contribution in [0, 0.1) is 12.3 Å². The van der Waals surface area contributed by atoms with Gasteiger partial charge in [0.15, 0.2) is 0 Å². The largest absolute Gasteiger partial charge is 0.354 e. The molecule has 0 bridgehead atoms. The summed E-state index contributed by atoms with van der Waals surface area (Å²) < 4.78 is 0. The van der Waals surface area contributed by atoms with Gasteiger partial charge in [-0.25, -0.2) is 0 Å². The number of amides is 3. The lowest BCUT2D eigenvalue weighted by molar-refractivity contribution is -0.124. The van der Waals surface area contributed by atoms with Gasteiger partial charge in [0.2, 0.25) is 5.91 Å². The molecule has 8 nitrogen and oxygen atoms in total. The van der Waals surface area contributed by atoms with Crippen LogP contribution in [-0.2, 0) is 16.8 Å². The van der Waals surface area contributed by atoms with Gasteiger partial charge in [-0.3, -0.25) is 24.3 Å². The van der Waals surface area contributed by atoms with E-state index in [1.807, 2.05) is 49.4 Å². The molecule has 1 aliphatic rings. The Bertz CT molecular complexity index is 1470. The van der Waals surface area contributed by atoms with Crippen LogP contribution in [0.2, 0.25) is 0 Å². The lowest BCUT2D eigenvalue weighted by Crippen LogP contribution is -2.47. The number of benzene rings is 2. The number of anilines is 1. The van der Waals surface area contributed by atoms with Crippen molar-refractivity contribution in [2.24, 2.45) is 5.41 Å². The number of nitrogens with one attached hydrogen (secondary N) is 3. The second kappa shape index (κ2) is 12.4. The molecule has 0 saturated carbocycles. The zero-order valence-corrected chi connectivity index (χ0v) is 25.9. The Morgan fingerprint density at radius 3 is 2.31 bits per heavy atom. The standard InChI is InChI=1S/C34H43N5O3/c1-22-29(24-8-10-25(11-9-24)31(41)37-21-33(2,3)4)17-28(18-36-22)38-32(42)26-14-23(15-27(16-26)34(5,6)7)19-39-13-12-35-30(40)20-39/h8-11,14-18H,12-13,19-21H2,1-7H3,(H,35,40)(H,37,41)(H,38,42). The minimum Gasteiger partial charge on any atom is -0.354 e. The third-order valence-corrected chi connectivity index (χ3v) is 7.23. The van der Waals surface area contributed by atoms with Gasteiger partial charge in [-0.2, -0.15) is 0 Å². The van der Waals surface area contributed by atoms with Crippen LogP contribution in [0.4, 0.5) is 5.69 Å². The highest BCUT2D eigenvalue weighted by Gasteiger charge is 2.21. The molecule has 222 valence electrons. The van der Waals surface area contributed by atoms with Crippen LogP contribution in [0.25, 0.3) is 11.1 Å². The summed E-state index contributed by atoms with van der Waals surface area (Å²) >= 11 is 0. The Kier molecular flexibility index (Phi) is 9.16. The van der Waals surface area contributed by atoms with Crippen molar-refractivity contribution in [3.63, 3.8) is 0 Å². The highest BCUT2D eigenvalue weighted by atomic mass is 16.2. The summed E-state index contributed by atoms with van der Waals surface area (Å²) in [5.74, 6) is -0.304. The maximum atomic E-state index is 13.5. The monoisotopic (exact) mass is 569 g/mol. The van der Waals surface area contributed by atoms with Gasteiger partial charge >= 0.3 is 0 Å². The first-order valence-corrected chi connectivity index (χ1v) is 14.5. The maximum absolute atomic E-state index is 13.5. The van der Waals surface area contributed by atoms with Crippen molar-refractivity contribution < 1.29 is 14.4 Å². The molecule has 1 aromatic heterocycles. The summed E-state index contributed by atoms with van der Waals surface area (Å²) in [4.78, 5) is 44.6. The van der Waals surface area contributed by atoms with E-state index in [2.05, 4.69) is 73.4 Å². The topological polar surface area (TPSA) is 103 Å². The zero-order chi connectivity index (χ0) is 30.7. The predicted octanol–water partition coefficient (Wildman–Crippen LogP) is 5.31. The number of carbonyl (C=O) groups excluding carboxylic acids is 3. The molecule has 4 rings (SSSR count). The number of hydrogen-bond donors (Lipinski definition) is 3. The molecule has 42 heavy (non-hydrogen) atoms. The minimum atomic E-state index is -0.221. The van der Waals surface area contributed by atoms with Gasteiger partial charge in [0.1, 0.15) is 0 Å². The summed E-state index contributed by atoms with van der Waals surface area (Å²) in [5, 5.41) is 8.87. The van der Waals surface area contributed by atoms with Crippen LogP contribution in [-0.4, -0.2) is 53.8 Å². The molecule has 1 saturated heterocycles. The van der Waals surface area contributed by atoms with E-state index in [-0.39, 0.29) is 28.6 Å². The molecule has 0 radical (unpaired) electrons. The number of aromatic nitrogens is 1. The van der Waals surface area contributed by atoms with Crippen LogP contribution >= 0.6 is 0 Å². The van der Waals surface area contributed by atoms with Gasteiger partial charge in [-0.15, -0.1) is 0 Å². The molecule has 0 atom stereocenters. The predicted molar refractivity (Wildman–Crippen MR) is 168 cm³/mol. The number of hydrogen-bond acceptors (Lipinski definition) is 5. The van der Waals surface area contributed by atoms with E-state index in [0.717, 1.165) is 34.5 Å². The van der Waals surface area contributed by atoms with Crippen molar-refractivity contribution in [1.82, 2.24) is 20.5 Å². The molecular formula is C34H43N5O3. The second-order valence-corrected chi connectivity index (χ2v) is 13.4. The smallest absolute Gasteiger partial charge is 0.255 e. The Morgan fingerprint density at radius 2 is 1.67 bits per heavy atom. The average Bonchev–Trinajstić information content (AvgIpc) is 2.92. The summed E-state index contributed by atoms with van der Waals surface area (Å²) in [6.45, 7) is 17.5. The third-order valence-electron chi connectivity index (χ3n) is 7.23. The highest BCUT2D eigenvalue weighted by Crippen LogP contribution is 2.28. The maximum Gasteiger partial charge on any atom is 0.255 e. The highest BCUT2D eigenvalue weighted by molar-refractivity contribution is 6.04. The molecular weight excluding hydrogens is 526 g/mol. The number of rotatable bonds is 7. The van der Waals surface area contributed by atoms with Crippen LogP contribution in [0.5, 0.6) is 0 Å². The summed E-state index contributed by atoms with van der Waals surface area (Å²) in [5.41, 5.74) is 6.25. The number of aryl methyl sites for hydroxylation is 1. The fourth-order valence-electron chi connectivity index (χ4n) is 4.78. The lowest BCUT2D eigenvalue weighted by Gasteiger charge is -2.27. The SMILES string of the molecule is Cc1ncc(NC(=O)c2cc(CN3CCNC(=O)C3)cc(C(C)(C)C)c2)cc1-c1ccc(C(=O)NCC(C)(C)C)cc1. The number of pyridine rings is 1. The van der Waals surface area contributed by atoms with Gasteiger partial charge in [0.25, 0.3) is 11.8 Å². The zero-order valence-electron chi connectivity index (χ0n) is 25.9. The van der Waals surface area contributed by atoms with Gasteiger partial charge < -0.3 is 16.0 Å². The van der Waals surface area contributed by atoms with Crippen LogP contribution < -0.4 is 16.0 Å². The molecule has 0 unspecified atom stereocenters. The Morgan fingerprint density at radius 1 is 0.952 bits per heavy atom. The van der Waals surface area contributed by atoms with Crippen LogP contribution in [0.3, 0.4) is 0 Å². The number of nitrogens with zero attached hydrogens (tertiary/aromatic N) is 2. The molecule has 3 amide bonds. The van der Waals surface area contributed by atoms with Crippen molar-refractivity contribution >= 4 is 23.4 Å². The fourth-order valence-corrected chi connectivity index (χ4v) is 4.78. The first-order valence-electron chi connectivity index (χ1n) is 14.5. The van der Waals surface area contributed by atoms with E-state index in [4.69, 9.17) is 0 Å². The van der Waals surface area contributed by atoms with Crippen molar-refractivity contribution in [3.05, 3.63) is 82.7 Å². The molecule has 2 aromatic carbocycles. The molecule has 8 heteroatoms. The minimum absolute atomic E-state index is 0.00432. The first kappa shape index (κ1) is 30.9.